The average molecular weight is 451 g/mol. The molecule has 0 aliphatic heterocycles. The van der Waals surface area contributed by atoms with E-state index in [1.54, 1.807) is 12.1 Å². The first kappa shape index (κ1) is 16.8. The molecule has 2 aromatic carbocycles. The normalized spacial score (nSPS) is 11.2. The van der Waals surface area contributed by atoms with Crippen LogP contribution in [0.1, 0.15) is 10.4 Å². The van der Waals surface area contributed by atoms with E-state index in [4.69, 9.17) is 5.11 Å². The summed E-state index contributed by atoms with van der Waals surface area (Å²) in [6, 6.07) is 8.36. The van der Waals surface area contributed by atoms with Crippen LogP contribution in [0.15, 0.2) is 50.2 Å². The Morgan fingerprint density at radius 1 is 1.14 bits per heavy atom. The van der Waals surface area contributed by atoms with Crippen LogP contribution in [-0.2, 0) is 10.0 Å². The molecule has 2 rings (SSSR count). The van der Waals surface area contributed by atoms with Crippen molar-refractivity contribution < 1.29 is 23.4 Å². The fraction of sp³-hybridized carbons (Fsp3) is 0. The highest BCUT2D eigenvalue weighted by Crippen LogP contribution is 2.32. The van der Waals surface area contributed by atoms with Gasteiger partial charge in [0.1, 0.15) is 10.5 Å². The number of nitrogens with one attached hydrogen (secondary N) is 1. The van der Waals surface area contributed by atoms with Crippen molar-refractivity contribution >= 4 is 53.5 Å². The molecule has 0 radical (unpaired) electrons. The maximum atomic E-state index is 12.4. The van der Waals surface area contributed by atoms with Gasteiger partial charge in [0.2, 0.25) is 0 Å². The number of aromatic hydroxyl groups is 1. The summed E-state index contributed by atoms with van der Waals surface area (Å²) >= 11 is 6.32. The second-order valence-corrected chi connectivity index (χ2v) is 7.61. The molecular formula is C13H9Br2NO5S. The molecule has 0 aliphatic rings. The largest absolute Gasteiger partial charge is 0.505 e. The van der Waals surface area contributed by atoms with E-state index in [9.17, 15) is 18.3 Å². The number of carboxylic acid groups (broad SMARTS) is 1. The van der Waals surface area contributed by atoms with Gasteiger partial charge in [0.05, 0.1) is 5.69 Å². The number of carbonyl (C=O) groups is 1. The highest BCUT2D eigenvalue weighted by atomic mass is 79.9. The molecule has 9 heteroatoms. The minimum Gasteiger partial charge on any atom is -0.505 e. The van der Waals surface area contributed by atoms with Gasteiger partial charge in [-0.05, 0) is 46.3 Å². The van der Waals surface area contributed by atoms with Crippen LogP contribution in [0.3, 0.4) is 0 Å². The lowest BCUT2D eigenvalue weighted by Gasteiger charge is -2.12. The number of halogens is 2. The van der Waals surface area contributed by atoms with Gasteiger partial charge in [0.25, 0.3) is 10.0 Å². The van der Waals surface area contributed by atoms with Crippen LogP contribution in [0.4, 0.5) is 5.69 Å². The van der Waals surface area contributed by atoms with Gasteiger partial charge in [-0.1, -0.05) is 22.0 Å². The Kier molecular flexibility index (Phi) is 4.78. The molecule has 116 valence electrons. The molecule has 0 aliphatic carbocycles. The van der Waals surface area contributed by atoms with E-state index in [2.05, 4.69) is 36.6 Å². The van der Waals surface area contributed by atoms with Crippen LogP contribution in [0.25, 0.3) is 0 Å². The maximum absolute atomic E-state index is 12.4. The van der Waals surface area contributed by atoms with Crippen LogP contribution < -0.4 is 4.72 Å². The summed E-state index contributed by atoms with van der Waals surface area (Å²) in [7, 11) is -4.01. The minimum absolute atomic E-state index is 0.0537. The third-order valence-corrected chi connectivity index (χ3v) is 5.55. The summed E-state index contributed by atoms with van der Waals surface area (Å²) in [6.45, 7) is 0. The van der Waals surface area contributed by atoms with Gasteiger partial charge in [-0.3, -0.25) is 4.72 Å². The fourth-order valence-electron chi connectivity index (χ4n) is 1.68. The zero-order valence-corrected chi connectivity index (χ0v) is 14.7. The topological polar surface area (TPSA) is 104 Å². The molecule has 0 amide bonds. The van der Waals surface area contributed by atoms with E-state index in [1.807, 2.05) is 0 Å². The molecule has 0 saturated heterocycles. The zero-order chi connectivity index (χ0) is 16.5. The van der Waals surface area contributed by atoms with Crippen molar-refractivity contribution in [2.45, 2.75) is 4.90 Å². The summed E-state index contributed by atoms with van der Waals surface area (Å²) < 4.78 is 27.8. The Hall–Kier alpha value is -1.58. The molecule has 0 heterocycles. The molecule has 0 unspecified atom stereocenters. The van der Waals surface area contributed by atoms with E-state index < -0.39 is 27.3 Å². The van der Waals surface area contributed by atoms with Crippen molar-refractivity contribution in [2.24, 2.45) is 0 Å². The number of rotatable bonds is 4. The lowest BCUT2D eigenvalue weighted by molar-refractivity contribution is 0.0694. The molecule has 0 fully saturated rings. The first-order chi connectivity index (χ1) is 10.2. The summed E-state index contributed by atoms with van der Waals surface area (Å²) in [6.07, 6.45) is 0. The van der Waals surface area contributed by atoms with E-state index in [-0.39, 0.29) is 10.6 Å². The van der Waals surface area contributed by atoms with Gasteiger partial charge >= 0.3 is 5.97 Å². The van der Waals surface area contributed by atoms with E-state index in [0.29, 0.717) is 8.95 Å². The van der Waals surface area contributed by atoms with E-state index in [1.165, 1.54) is 24.3 Å². The molecule has 6 nitrogen and oxygen atoms in total. The molecule has 0 atom stereocenters. The lowest BCUT2D eigenvalue weighted by Crippen LogP contribution is -2.14. The molecule has 0 aromatic heterocycles. The van der Waals surface area contributed by atoms with Crippen molar-refractivity contribution in [2.75, 3.05) is 4.72 Å². The highest BCUT2D eigenvalue weighted by molar-refractivity contribution is 9.11. The van der Waals surface area contributed by atoms with E-state index >= 15 is 0 Å². The molecular weight excluding hydrogens is 442 g/mol. The molecule has 2 aromatic rings. The highest BCUT2D eigenvalue weighted by Gasteiger charge is 2.21. The second kappa shape index (κ2) is 6.27. The third kappa shape index (κ3) is 3.42. The number of phenols is 1. The number of sulfonamides is 1. The van der Waals surface area contributed by atoms with Gasteiger partial charge in [0.15, 0.2) is 5.75 Å². The number of hydrogen-bond donors (Lipinski definition) is 3. The quantitative estimate of drug-likeness (QED) is 0.619. The molecule has 3 N–H and O–H groups in total. The first-order valence-electron chi connectivity index (χ1n) is 5.75. The van der Waals surface area contributed by atoms with Crippen LogP contribution >= 0.6 is 31.9 Å². The van der Waals surface area contributed by atoms with Crippen molar-refractivity contribution in [1.29, 1.82) is 0 Å². The predicted octanol–water partition coefficient (Wildman–Crippen LogP) is 3.42. The summed E-state index contributed by atoms with van der Waals surface area (Å²) in [4.78, 5) is 10.9. The number of hydrogen-bond acceptors (Lipinski definition) is 4. The number of carboxylic acids is 1. The Balaban J connectivity index is 2.48. The minimum atomic E-state index is -4.01. The van der Waals surface area contributed by atoms with Crippen molar-refractivity contribution in [3.8, 4) is 5.75 Å². The smallest absolute Gasteiger partial charge is 0.339 e. The first-order valence-corrected chi connectivity index (χ1v) is 8.82. The average Bonchev–Trinajstić information content (AvgIpc) is 2.43. The number of aromatic carboxylic acids is 1. The Bertz CT molecular complexity index is 852. The summed E-state index contributed by atoms with van der Waals surface area (Å²) in [5.74, 6) is -2.01. The van der Waals surface area contributed by atoms with Crippen molar-refractivity contribution in [1.82, 2.24) is 0 Å². The molecule has 22 heavy (non-hydrogen) atoms. The van der Waals surface area contributed by atoms with Gasteiger partial charge < -0.3 is 10.2 Å². The maximum Gasteiger partial charge on any atom is 0.339 e. The second-order valence-electron chi connectivity index (χ2n) is 4.19. The van der Waals surface area contributed by atoms with Gasteiger partial charge in [-0.2, -0.15) is 0 Å². The standard InChI is InChI=1S/C13H9Br2NO5S/c14-7-4-5-9(15)11(6-7)22(20,21)16-10-3-1-2-8(12(10)17)13(18)19/h1-6,16-17H,(H,18,19). The van der Waals surface area contributed by atoms with Crippen LogP contribution in [-0.4, -0.2) is 24.6 Å². The lowest BCUT2D eigenvalue weighted by atomic mass is 10.2. The summed E-state index contributed by atoms with van der Waals surface area (Å²) in [5, 5.41) is 18.8. The van der Waals surface area contributed by atoms with Gasteiger partial charge in [0, 0.05) is 8.95 Å². The van der Waals surface area contributed by atoms with Gasteiger partial charge in [-0.15, -0.1) is 0 Å². The molecule has 0 spiro atoms. The van der Waals surface area contributed by atoms with Gasteiger partial charge in [-0.25, -0.2) is 13.2 Å². The number of para-hydroxylation sites is 1. The van der Waals surface area contributed by atoms with Crippen molar-refractivity contribution in [3.63, 3.8) is 0 Å². The predicted molar refractivity (Wildman–Crippen MR) is 87.7 cm³/mol. The Morgan fingerprint density at radius 3 is 2.45 bits per heavy atom. The Labute approximate surface area is 143 Å². The van der Waals surface area contributed by atoms with Crippen LogP contribution in [0.5, 0.6) is 5.75 Å². The fourth-order valence-corrected chi connectivity index (χ4v) is 4.25. The number of anilines is 1. The molecule has 0 saturated carbocycles. The van der Waals surface area contributed by atoms with Crippen molar-refractivity contribution in [3.05, 3.63) is 50.9 Å². The zero-order valence-electron chi connectivity index (χ0n) is 10.7. The van der Waals surface area contributed by atoms with Crippen LogP contribution in [0, 0.1) is 0 Å². The third-order valence-electron chi connectivity index (χ3n) is 2.69. The monoisotopic (exact) mass is 449 g/mol. The SMILES string of the molecule is O=C(O)c1cccc(NS(=O)(=O)c2cc(Br)ccc2Br)c1O. The van der Waals surface area contributed by atoms with E-state index in [0.717, 1.165) is 0 Å². The van der Waals surface area contributed by atoms with Crippen LogP contribution in [0.2, 0.25) is 0 Å². The summed E-state index contributed by atoms with van der Waals surface area (Å²) in [5.41, 5.74) is -0.611. The number of benzene rings is 2. The molecule has 0 bridgehead atoms. The Morgan fingerprint density at radius 2 is 1.82 bits per heavy atom.